The van der Waals surface area contributed by atoms with Gasteiger partial charge >= 0.3 is 0 Å². The molecule has 19 heavy (non-hydrogen) atoms. The summed E-state index contributed by atoms with van der Waals surface area (Å²) in [4.78, 5) is 25.4. The number of hydrogen-bond donors (Lipinski definition) is 1. The molecule has 4 nitrogen and oxygen atoms in total. The molecule has 1 aromatic carbocycles. The molecule has 0 spiro atoms. The van der Waals surface area contributed by atoms with E-state index in [0.717, 1.165) is 16.8 Å². The maximum atomic E-state index is 12.2. The lowest BCUT2D eigenvalue weighted by Gasteiger charge is -2.20. The molecule has 0 aliphatic carbocycles. The first-order chi connectivity index (χ1) is 8.90. The van der Waals surface area contributed by atoms with Crippen LogP contribution in [0.15, 0.2) is 18.2 Å². The number of aryl methyl sites for hydroxylation is 2. The first-order valence-corrected chi connectivity index (χ1v) is 6.60. The second-order valence-electron chi connectivity index (χ2n) is 5.42. The van der Waals surface area contributed by atoms with E-state index in [1.807, 2.05) is 45.9 Å². The molecule has 1 aliphatic heterocycles. The van der Waals surface area contributed by atoms with Gasteiger partial charge in [0.25, 0.3) is 5.91 Å². The van der Waals surface area contributed by atoms with Gasteiger partial charge in [0.2, 0.25) is 5.91 Å². The lowest BCUT2D eigenvalue weighted by Crippen LogP contribution is -2.39. The molecule has 2 amide bonds. The average Bonchev–Trinajstić information content (AvgIpc) is 2.59. The Balaban J connectivity index is 2.19. The van der Waals surface area contributed by atoms with Crippen LogP contribution in [0.1, 0.15) is 31.4 Å². The zero-order chi connectivity index (χ0) is 14.2. The molecule has 0 aromatic heterocycles. The number of rotatable bonds is 3. The summed E-state index contributed by atoms with van der Waals surface area (Å²) in [6.45, 7) is 7.71. The summed E-state index contributed by atoms with van der Waals surface area (Å²) in [5, 5.41) is 3.20. The van der Waals surface area contributed by atoms with Gasteiger partial charge in [0.1, 0.15) is 6.04 Å². The van der Waals surface area contributed by atoms with Crippen molar-refractivity contribution >= 4 is 17.5 Å². The lowest BCUT2D eigenvalue weighted by atomic mass is 10.1. The van der Waals surface area contributed by atoms with Crippen LogP contribution in [0.3, 0.4) is 0 Å². The molecule has 1 aromatic rings. The predicted octanol–water partition coefficient (Wildman–Crippen LogP) is 2.25. The van der Waals surface area contributed by atoms with Crippen LogP contribution in [0.2, 0.25) is 0 Å². The Kier molecular flexibility index (Phi) is 3.60. The molecule has 1 unspecified atom stereocenters. The molecular weight excluding hydrogens is 240 g/mol. The van der Waals surface area contributed by atoms with Crippen molar-refractivity contribution in [1.82, 2.24) is 4.90 Å². The summed E-state index contributed by atoms with van der Waals surface area (Å²) in [6.07, 6.45) is 0.240. The first kappa shape index (κ1) is 13.6. The monoisotopic (exact) mass is 260 g/mol. The fourth-order valence-electron chi connectivity index (χ4n) is 2.39. The van der Waals surface area contributed by atoms with Gasteiger partial charge in [-0.25, -0.2) is 0 Å². The SMILES string of the molecule is Cc1ccc(C)c(NC2CC(=O)N(C(C)C)C2=O)c1. The average molecular weight is 260 g/mol. The van der Waals surface area contributed by atoms with Crippen molar-refractivity contribution in [1.29, 1.82) is 0 Å². The number of benzene rings is 1. The molecule has 1 fully saturated rings. The number of likely N-dealkylation sites (tertiary alicyclic amines) is 1. The molecule has 1 N–H and O–H groups in total. The second kappa shape index (κ2) is 5.03. The van der Waals surface area contributed by atoms with Gasteiger partial charge in [-0.05, 0) is 44.9 Å². The first-order valence-electron chi connectivity index (χ1n) is 6.60. The zero-order valence-electron chi connectivity index (χ0n) is 11.9. The van der Waals surface area contributed by atoms with Gasteiger partial charge in [0, 0.05) is 11.7 Å². The number of anilines is 1. The Bertz CT molecular complexity index is 523. The summed E-state index contributed by atoms with van der Waals surface area (Å²) in [5.41, 5.74) is 3.14. The van der Waals surface area contributed by atoms with E-state index in [0.29, 0.717) is 0 Å². The zero-order valence-corrected chi connectivity index (χ0v) is 11.9. The van der Waals surface area contributed by atoms with Gasteiger partial charge in [-0.1, -0.05) is 12.1 Å². The molecule has 2 rings (SSSR count). The molecule has 102 valence electrons. The van der Waals surface area contributed by atoms with Crippen molar-refractivity contribution in [2.24, 2.45) is 0 Å². The van der Waals surface area contributed by atoms with Crippen molar-refractivity contribution in [2.45, 2.75) is 46.2 Å². The Morgan fingerprint density at radius 3 is 2.53 bits per heavy atom. The smallest absolute Gasteiger partial charge is 0.252 e. The fourth-order valence-corrected chi connectivity index (χ4v) is 2.39. The van der Waals surface area contributed by atoms with Crippen LogP contribution in [0.4, 0.5) is 5.69 Å². The molecule has 0 saturated carbocycles. The third kappa shape index (κ3) is 2.62. The van der Waals surface area contributed by atoms with Crippen LogP contribution in [0.25, 0.3) is 0 Å². The number of amides is 2. The Labute approximate surface area is 113 Å². The van der Waals surface area contributed by atoms with Crippen molar-refractivity contribution in [2.75, 3.05) is 5.32 Å². The van der Waals surface area contributed by atoms with E-state index in [2.05, 4.69) is 5.32 Å². The molecule has 4 heteroatoms. The Morgan fingerprint density at radius 2 is 1.95 bits per heavy atom. The second-order valence-corrected chi connectivity index (χ2v) is 5.42. The minimum Gasteiger partial charge on any atom is -0.373 e. The van der Waals surface area contributed by atoms with Crippen molar-refractivity contribution < 1.29 is 9.59 Å². The quantitative estimate of drug-likeness (QED) is 0.848. The van der Waals surface area contributed by atoms with Gasteiger partial charge in [0.15, 0.2) is 0 Å². The van der Waals surface area contributed by atoms with Gasteiger partial charge in [-0.15, -0.1) is 0 Å². The van der Waals surface area contributed by atoms with E-state index in [1.54, 1.807) is 0 Å². The molecular formula is C15H20N2O2. The van der Waals surface area contributed by atoms with Crippen LogP contribution in [0, 0.1) is 13.8 Å². The third-order valence-corrected chi connectivity index (χ3v) is 3.42. The number of nitrogens with one attached hydrogen (secondary N) is 1. The van der Waals surface area contributed by atoms with Crippen molar-refractivity contribution in [3.63, 3.8) is 0 Å². The Morgan fingerprint density at radius 1 is 1.26 bits per heavy atom. The highest BCUT2D eigenvalue weighted by molar-refractivity contribution is 6.07. The number of nitrogens with zero attached hydrogens (tertiary/aromatic N) is 1. The van der Waals surface area contributed by atoms with Crippen LogP contribution in [0.5, 0.6) is 0 Å². The largest absolute Gasteiger partial charge is 0.373 e. The summed E-state index contributed by atoms with van der Waals surface area (Å²) in [7, 11) is 0. The highest BCUT2D eigenvalue weighted by Gasteiger charge is 2.39. The molecule has 0 radical (unpaired) electrons. The maximum absolute atomic E-state index is 12.2. The predicted molar refractivity (Wildman–Crippen MR) is 74.9 cm³/mol. The number of carbonyl (C=O) groups excluding carboxylic acids is 2. The molecule has 1 saturated heterocycles. The normalized spacial score (nSPS) is 19.4. The molecule has 1 aliphatic rings. The summed E-state index contributed by atoms with van der Waals surface area (Å²) < 4.78 is 0. The lowest BCUT2D eigenvalue weighted by molar-refractivity contribution is -0.140. The van der Waals surface area contributed by atoms with E-state index in [1.165, 1.54) is 4.90 Å². The summed E-state index contributed by atoms with van der Waals surface area (Å²) in [5.74, 6) is -0.219. The van der Waals surface area contributed by atoms with E-state index in [9.17, 15) is 9.59 Å². The Hall–Kier alpha value is -1.84. The van der Waals surface area contributed by atoms with E-state index >= 15 is 0 Å². The van der Waals surface area contributed by atoms with Crippen LogP contribution >= 0.6 is 0 Å². The van der Waals surface area contributed by atoms with Crippen LogP contribution in [-0.4, -0.2) is 28.8 Å². The molecule has 0 bridgehead atoms. The number of hydrogen-bond acceptors (Lipinski definition) is 3. The van der Waals surface area contributed by atoms with Crippen LogP contribution < -0.4 is 5.32 Å². The van der Waals surface area contributed by atoms with Gasteiger partial charge in [-0.2, -0.15) is 0 Å². The van der Waals surface area contributed by atoms with Gasteiger partial charge in [0.05, 0.1) is 6.42 Å². The molecule has 1 heterocycles. The summed E-state index contributed by atoms with van der Waals surface area (Å²) >= 11 is 0. The number of imide groups is 1. The van der Waals surface area contributed by atoms with E-state index in [4.69, 9.17) is 0 Å². The standard InChI is InChI=1S/C15H20N2O2/c1-9(2)17-14(18)8-13(15(17)19)16-12-7-10(3)5-6-11(12)4/h5-7,9,13,16H,8H2,1-4H3. The maximum Gasteiger partial charge on any atom is 0.252 e. The topological polar surface area (TPSA) is 49.4 Å². The van der Waals surface area contributed by atoms with E-state index < -0.39 is 6.04 Å². The fraction of sp³-hybridized carbons (Fsp3) is 0.467. The molecule has 1 atom stereocenters. The highest BCUT2D eigenvalue weighted by Crippen LogP contribution is 2.23. The van der Waals surface area contributed by atoms with Crippen molar-refractivity contribution in [3.8, 4) is 0 Å². The minimum absolute atomic E-state index is 0.0783. The van der Waals surface area contributed by atoms with E-state index in [-0.39, 0.29) is 24.3 Å². The minimum atomic E-state index is -0.435. The van der Waals surface area contributed by atoms with Crippen LogP contribution in [-0.2, 0) is 9.59 Å². The summed E-state index contributed by atoms with van der Waals surface area (Å²) in [6, 6.07) is 5.54. The van der Waals surface area contributed by atoms with Gasteiger partial charge in [-0.3, -0.25) is 14.5 Å². The van der Waals surface area contributed by atoms with Gasteiger partial charge < -0.3 is 5.32 Å². The third-order valence-electron chi connectivity index (χ3n) is 3.42. The highest BCUT2D eigenvalue weighted by atomic mass is 16.2. The van der Waals surface area contributed by atoms with Crippen molar-refractivity contribution in [3.05, 3.63) is 29.3 Å². The number of carbonyl (C=O) groups is 2.